The molecule has 0 N–H and O–H groups in total. The van der Waals surface area contributed by atoms with Gasteiger partial charge in [-0.05, 0) is 38.5 Å². The Morgan fingerprint density at radius 2 is 0.952 bits per heavy atom. The number of ketones is 3. The van der Waals surface area contributed by atoms with E-state index < -0.39 is 22.0 Å². The van der Waals surface area contributed by atoms with Gasteiger partial charge in [-0.1, -0.05) is 41.5 Å². The largest absolute Gasteiger partial charge is 0.298 e. The zero-order valence-electron chi connectivity index (χ0n) is 14.5. The van der Waals surface area contributed by atoms with Crippen molar-refractivity contribution in [1.82, 2.24) is 0 Å². The maximum Gasteiger partial charge on any atom is 0.212 e. The number of hydrogen-bond donors (Lipinski definition) is 0. The highest BCUT2D eigenvalue weighted by Crippen LogP contribution is 2.59. The summed E-state index contributed by atoms with van der Waals surface area (Å²) in [7, 11) is 0. The van der Waals surface area contributed by atoms with Crippen molar-refractivity contribution in [2.75, 3.05) is 0 Å². The van der Waals surface area contributed by atoms with E-state index in [4.69, 9.17) is 0 Å². The van der Waals surface area contributed by atoms with Crippen LogP contribution in [-0.2, 0) is 14.4 Å². The smallest absolute Gasteiger partial charge is 0.212 e. The number of rotatable bonds is 6. The molecule has 1 saturated carbocycles. The Labute approximate surface area is 128 Å². The summed E-state index contributed by atoms with van der Waals surface area (Å²) in [5.74, 6) is -0.698. The number of carbonyl (C=O) groups excluding carboxylic acids is 3. The van der Waals surface area contributed by atoms with Gasteiger partial charge in [-0.25, -0.2) is 0 Å². The van der Waals surface area contributed by atoms with E-state index in [-0.39, 0.29) is 11.6 Å². The van der Waals surface area contributed by atoms with E-state index in [0.29, 0.717) is 38.5 Å². The number of hydrogen-bond acceptors (Lipinski definition) is 3. The lowest BCUT2D eigenvalue weighted by molar-refractivity contribution is -0.176. The van der Waals surface area contributed by atoms with Gasteiger partial charge in [0.2, 0.25) is 11.6 Å². The first kappa shape index (κ1) is 18.1. The van der Waals surface area contributed by atoms with Crippen molar-refractivity contribution in [2.24, 2.45) is 16.2 Å². The van der Waals surface area contributed by atoms with E-state index in [1.807, 2.05) is 41.5 Å². The normalized spacial score (nSPS) is 23.4. The maximum absolute atomic E-state index is 13.4. The summed E-state index contributed by atoms with van der Waals surface area (Å²) in [4.78, 5) is 39.2. The topological polar surface area (TPSA) is 51.2 Å². The third-order valence-electron chi connectivity index (χ3n) is 6.48. The molecule has 1 aliphatic carbocycles. The van der Waals surface area contributed by atoms with Crippen molar-refractivity contribution in [2.45, 2.75) is 80.1 Å². The molecule has 3 nitrogen and oxygen atoms in total. The van der Waals surface area contributed by atoms with Gasteiger partial charge in [-0.3, -0.25) is 14.4 Å². The Morgan fingerprint density at radius 1 is 0.571 bits per heavy atom. The lowest BCUT2D eigenvalue weighted by atomic mass is 9.44. The molecule has 1 fully saturated rings. The van der Waals surface area contributed by atoms with Gasteiger partial charge in [-0.2, -0.15) is 0 Å². The van der Waals surface area contributed by atoms with Crippen molar-refractivity contribution in [3.05, 3.63) is 0 Å². The van der Waals surface area contributed by atoms with Crippen molar-refractivity contribution >= 4 is 17.3 Å². The van der Waals surface area contributed by atoms with Crippen LogP contribution in [0.4, 0.5) is 0 Å². The molecular formula is C18H30O3. The molecule has 3 heteroatoms. The zero-order chi connectivity index (χ0) is 16.5. The van der Waals surface area contributed by atoms with E-state index in [2.05, 4.69) is 0 Å². The van der Waals surface area contributed by atoms with Crippen molar-refractivity contribution < 1.29 is 14.4 Å². The fraction of sp³-hybridized carbons (Fsp3) is 0.833. The van der Waals surface area contributed by atoms with Crippen LogP contribution in [0.5, 0.6) is 0 Å². The molecule has 0 amide bonds. The Balaban J connectivity index is 3.73. The Hall–Kier alpha value is -0.990. The molecule has 1 aliphatic rings. The minimum Gasteiger partial charge on any atom is -0.298 e. The summed E-state index contributed by atoms with van der Waals surface area (Å²) in [6.07, 6.45) is 3.24. The molecule has 0 aromatic carbocycles. The molecule has 0 spiro atoms. The number of Topliss-reactive ketones (excluding diaryl/α,β-unsaturated/α-hetero) is 3. The van der Waals surface area contributed by atoms with Gasteiger partial charge in [0.05, 0.1) is 5.41 Å². The van der Waals surface area contributed by atoms with Crippen LogP contribution >= 0.6 is 0 Å². The fourth-order valence-corrected chi connectivity index (χ4v) is 4.82. The lowest BCUT2D eigenvalue weighted by Gasteiger charge is -2.55. The van der Waals surface area contributed by atoms with Gasteiger partial charge in [-0.15, -0.1) is 0 Å². The summed E-state index contributed by atoms with van der Waals surface area (Å²) in [5.41, 5.74) is -2.58. The zero-order valence-corrected chi connectivity index (χ0v) is 14.5. The van der Waals surface area contributed by atoms with E-state index in [0.717, 1.165) is 0 Å². The quantitative estimate of drug-likeness (QED) is 0.547. The second kappa shape index (κ2) is 6.02. The van der Waals surface area contributed by atoms with Gasteiger partial charge in [0, 0.05) is 10.8 Å². The molecule has 0 aliphatic heterocycles. The number of carbonyl (C=O) groups is 3. The molecule has 0 saturated heterocycles. The minimum absolute atomic E-state index is 0.0262. The van der Waals surface area contributed by atoms with Crippen LogP contribution in [0, 0.1) is 16.2 Å². The molecule has 0 radical (unpaired) electrons. The van der Waals surface area contributed by atoms with Crippen LogP contribution in [0.15, 0.2) is 0 Å². The average molecular weight is 294 g/mol. The predicted octanol–water partition coefficient (Wildman–Crippen LogP) is 4.13. The highest BCUT2D eigenvalue weighted by molar-refractivity contribution is 6.48. The highest BCUT2D eigenvalue weighted by atomic mass is 16.2. The standard InChI is InChI=1S/C18H30O3/c1-7-16(8-2)13(19)14(20)17(9-3,10-4)18(11-5,12-6)15(16)21/h7-12H2,1-6H3. The molecule has 0 aromatic heterocycles. The molecule has 0 unspecified atom stereocenters. The Bertz CT molecular complexity index is 435. The van der Waals surface area contributed by atoms with Crippen LogP contribution in [0.3, 0.4) is 0 Å². The maximum atomic E-state index is 13.4. The van der Waals surface area contributed by atoms with Crippen LogP contribution in [0.25, 0.3) is 0 Å². The van der Waals surface area contributed by atoms with E-state index >= 15 is 0 Å². The van der Waals surface area contributed by atoms with E-state index in [9.17, 15) is 14.4 Å². The second-order valence-corrected chi connectivity index (χ2v) is 6.36. The van der Waals surface area contributed by atoms with E-state index in [1.165, 1.54) is 0 Å². The molecule has 1 rings (SSSR count). The van der Waals surface area contributed by atoms with Crippen molar-refractivity contribution in [3.8, 4) is 0 Å². The van der Waals surface area contributed by atoms with Gasteiger partial charge >= 0.3 is 0 Å². The first-order valence-electron chi connectivity index (χ1n) is 8.48. The summed E-state index contributed by atoms with van der Waals surface area (Å²) in [6, 6.07) is 0. The fourth-order valence-electron chi connectivity index (χ4n) is 4.82. The first-order valence-corrected chi connectivity index (χ1v) is 8.48. The Morgan fingerprint density at radius 3 is 1.24 bits per heavy atom. The molecular weight excluding hydrogens is 264 g/mol. The molecule has 0 atom stereocenters. The van der Waals surface area contributed by atoms with Gasteiger partial charge in [0.25, 0.3) is 0 Å². The predicted molar refractivity (Wildman–Crippen MR) is 84.1 cm³/mol. The summed E-state index contributed by atoms with van der Waals surface area (Å²) >= 11 is 0. The molecule has 0 bridgehead atoms. The van der Waals surface area contributed by atoms with Crippen molar-refractivity contribution in [1.29, 1.82) is 0 Å². The van der Waals surface area contributed by atoms with Crippen LogP contribution < -0.4 is 0 Å². The monoisotopic (exact) mass is 294 g/mol. The Kier molecular flexibility index (Phi) is 5.18. The molecule has 0 aromatic rings. The van der Waals surface area contributed by atoms with Crippen LogP contribution in [0.1, 0.15) is 80.1 Å². The van der Waals surface area contributed by atoms with E-state index in [1.54, 1.807) is 0 Å². The third-order valence-corrected chi connectivity index (χ3v) is 6.48. The molecule has 0 heterocycles. The van der Waals surface area contributed by atoms with Crippen LogP contribution in [0.2, 0.25) is 0 Å². The average Bonchev–Trinajstić information content (AvgIpc) is 2.52. The first-order chi connectivity index (χ1) is 9.83. The molecule has 21 heavy (non-hydrogen) atoms. The highest BCUT2D eigenvalue weighted by Gasteiger charge is 2.68. The van der Waals surface area contributed by atoms with Crippen LogP contribution in [-0.4, -0.2) is 17.3 Å². The third kappa shape index (κ3) is 1.89. The van der Waals surface area contributed by atoms with Gasteiger partial charge < -0.3 is 0 Å². The lowest BCUT2D eigenvalue weighted by Crippen LogP contribution is -2.66. The molecule has 120 valence electrons. The minimum atomic E-state index is -1.09. The summed E-state index contributed by atoms with van der Waals surface area (Å²) in [5, 5.41) is 0. The summed E-state index contributed by atoms with van der Waals surface area (Å²) < 4.78 is 0. The SMILES string of the molecule is CCC1(CC)C(=O)C(=O)C(CC)(CC)C(CC)(CC)C1=O. The summed E-state index contributed by atoms with van der Waals surface area (Å²) in [6.45, 7) is 11.6. The second-order valence-electron chi connectivity index (χ2n) is 6.36. The van der Waals surface area contributed by atoms with Gasteiger partial charge in [0.1, 0.15) is 0 Å². The van der Waals surface area contributed by atoms with Crippen molar-refractivity contribution in [3.63, 3.8) is 0 Å². The van der Waals surface area contributed by atoms with Gasteiger partial charge in [0.15, 0.2) is 5.78 Å².